The molecule has 6 nitrogen and oxygen atoms in total. The lowest BCUT2D eigenvalue weighted by molar-refractivity contribution is 0.0634. The minimum absolute atomic E-state index is 0.00272. The minimum Gasteiger partial charge on any atom is -0.329 e. The summed E-state index contributed by atoms with van der Waals surface area (Å²) in [4.78, 5) is 19.0. The molecule has 1 fully saturated rings. The first kappa shape index (κ1) is 15.7. The molecule has 1 aliphatic heterocycles. The Morgan fingerprint density at radius 3 is 2.83 bits per heavy atom. The van der Waals surface area contributed by atoms with Crippen LogP contribution in [0.4, 0.5) is 0 Å². The predicted octanol–water partition coefficient (Wildman–Crippen LogP) is 1.82. The predicted molar refractivity (Wildman–Crippen MR) is 88.1 cm³/mol. The average Bonchev–Trinajstić information content (AvgIpc) is 3.05. The van der Waals surface area contributed by atoms with E-state index in [-0.39, 0.29) is 17.5 Å². The molecular weight excluding hydrogens is 290 g/mol. The first-order valence-electron chi connectivity index (χ1n) is 7.93. The van der Waals surface area contributed by atoms with Crippen LogP contribution < -0.4 is 5.32 Å². The summed E-state index contributed by atoms with van der Waals surface area (Å²) < 4.78 is 1.83. The fourth-order valence-corrected chi connectivity index (χ4v) is 2.78. The SMILES string of the molecule is CC(C)(C)n1cc(C(=O)N2CCNCC2c2cccnc2)cn1. The molecule has 6 heteroatoms. The average molecular weight is 313 g/mol. The van der Waals surface area contributed by atoms with Crippen LogP contribution in [0.5, 0.6) is 0 Å². The maximum absolute atomic E-state index is 12.9. The summed E-state index contributed by atoms with van der Waals surface area (Å²) in [5, 5.41) is 7.70. The second-order valence-electron chi connectivity index (χ2n) is 6.85. The molecule has 1 atom stereocenters. The normalized spacial score (nSPS) is 18.9. The molecule has 23 heavy (non-hydrogen) atoms. The van der Waals surface area contributed by atoms with Gasteiger partial charge in [0.05, 0.1) is 23.3 Å². The summed E-state index contributed by atoms with van der Waals surface area (Å²) in [6, 6.07) is 3.93. The second kappa shape index (κ2) is 6.12. The lowest BCUT2D eigenvalue weighted by atomic mass is 10.0. The van der Waals surface area contributed by atoms with Gasteiger partial charge in [-0.1, -0.05) is 6.07 Å². The van der Waals surface area contributed by atoms with Gasteiger partial charge in [-0.15, -0.1) is 0 Å². The maximum Gasteiger partial charge on any atom is 0.257 e. The van der Waals surface area contributed by atoms with E-state index in [2.05, 4.69) is 36.2 Å². The zero-order chi connectivity index (χ0) is 16.4. The first-order chi connectivity index (χ1) is 11.0. The highest BCUT2D eigenvalue weighted by Gasteiger charge is 2.30. The molecule has 3 rings (SSSR count). The van der Waals surface area contributed by atoms with Crippen molar-refractivity contribution in [2.75, 3.05) is 19.6 Å². The van der Waals surface area contributed by atoms with Gasteiger partial charge in [-0.3, -0.25) is 14.5 Å². The summed E-state index contributed by atoms with van der Waals surface area (Å²) in [7, 11) is 0. The number of amides is 1. The van der Waals surface area contributed by atoms with Crippen LogP contribution in [0.2, 0.25) is 0 Å². The third-order valence-corrected chi connectivity index (χ3v) is 4.09. The number of piperazine rings is 1. The lowest BCUT2D eigenvalue weighted by Crippen LogP contribution is -2.48. The van der Waals surface area contributed by atoms with Crippen molar-refractivity contribution in [3.05, 3.63) is 48.0 Å². The van der Waals surface area contributed by atoms with Gasteiger partial charge in [-0.2, -0.15) is 5.10 Å². The van der Waals surface area contributed by atoms with Gasteiger partial charge in [0.2, 0.25) is 0 Å². The highest BCUT2D eigenvalue weighted by Crippen LogP contribution is 2.24. The number of hydrogen-bond acceptors (Lipinski definition) is 4. The minimum atomic E-state index is -0.134. The molecule has 0 bridgehead atoms. The maximum atomic E-state index is 12.9. The molecule has 2 aromatic rings. The molecule has 0 saturated carbocycles. The Balaban J connectivity index is 1.86. The molecule has 0 aliphatic carbocycles. The van der Waals surface area contributed by atoms with E-state index >= 15 is 0 Å². The highest BCUT2D eigenvalue weighted by molar-refractivity contribution is 5.94. The molecular formula is C17H23N5O. The van der Waals surface area contributed by atoms with Crippen LogP contribution >= 0.6 is 0 Å². The largest absolute Gasteiger partial charge is 0.329 e. The lowest BCUT2D eigenvalue weighted by Gasteiger charge is -2.36. The molecule has 0 aromatic carbocycles. The highest BCUT2D eigenvalue weighted by atomic mass is 16.2. The fraction of sp³-hybridized carbons (Fsp3) is 0.471. The molecule has 3 heterocycles. The Labute approximate surface area is 136 Å². The van der Waals surface area contributed by atoms with Crippen LogP contribution in [0.25, 0.3) is 0 Å². The van der Waals surface area contributed by atoms with Gasteiger partial charge < -0.3 is 10.2 Å². The van der Waals surface area contributed by atoms with E-state index in [0.717, 1.165) is 18.7 Å². The molecule has 0 radical (unpaired) electrons. The van der Waals surface area contributed by atoms with E-state index < -0.39 is 0 Å². The van der Waals surface area contributed by atoms with Crippen molar-refractivity contribution in [1.82, 2.24) is 25.0 Å². The first-order valence-corrected chi connectivity index (χ1v) is 7.93. The van der Waals surface area contributed by atoms with Crippen LogP contribution in [-0.2, 0) is 5.54 Å². The molecule has 1 amide bonds. The van der Waals surface area contributed by atoms with Gasteiger partial charge >= 0.3 is 0 Å². The summed E-state index contributed by atoms with van der Waals surface area (Å²) in [5.74, 6) is 0.0239. The molecule has 1 saturated heterocycles. The van der Waals surface area contributed by atoms with Crippen molar-refractivity contribution >= 4 is 5.91 Å². The number of pyridine rings is 1. The fourth-order valence-electron chi connectivity index (χ4n) is 2.78. The van der Waals surface area contributed by atoms with Gasteiger partial charge in [-0.05, 0) is 32.4 Å². The van der Waals surface area contributed by atoms with E-state index in [1.807, 2.05) is 34.1 Å². The number of nitrogens with zero attached hydrogens (tertiary/aromatic N) is 4. The number of carbonyl (C=O) groups excluding carboxylic acids is 1. The number of carbonyl (C=O) groups is 1. The standard InChI is InChI=1S/C17H23N5O/c1-17(2,3)22-12-14(10-20-22)16(23)21-8-7-19-11-15(21)13-5-4-6-18-9-13/h4-6,9-10,12,15,19H,7-8,11H2,1-3H3. The van der Waals surface area contributed by atoms with Crippen LogP contribution in [0.3, 0.4) is 0 Å². The molecule has 0 spiro atoms. The topological polar surface area (TPSA) is 63.1 Å². The van der Waals surface area contributed by atoms with Crippen LogP contribution in [0, 0.1) is 0 Å². The smallest absolute Gasteiger partial charge is 0.257 e. The van der Waals surface area contributed by atoms with Gasteiger partial charge in [-0.25, -0.2) is 0 Å². The Morgan fingerprint density at radius 1 is 1.35 bits per heavy atom. The van der Waals surface area contributed by atoms with E-state index in [4.69, 9.17) is 0 Å². The molecule has 122 valence electrons. The molecule has 1 aliphatic rings. The quantitative estimate of drug-likeness (QED) is 0.918. The number of aromatic nitrogens is 3. The van der Waals surface area contributed by atoms with Crippen LogP contribution in [-0.4, -0.2) is 45.2 Å². The summed E-state index contributed by atoms with van der Waals surface area (Å²) in [5.41, 5.74) is 1.55. The van der Waals surface area contributed by atoms with E-state index in [9.17, 15) is 4.79 Å². The molecule has 1 unspecified atom stereocenters. The summed E-state index contributed by atoms with van der Waals surface area (Å²) in [6.45, 7) is 8.42. The summed E-state index contributed by atoms with van der Waals surface area (Å²) >= 11 is 0. The number of rotatable bonds is 2. The van der Waals surface area contributed by atoms with Crippen LogP contribution in [0.15, 0.2) is 36.9 Å². The third-order valence-electron chi connectivity index (χ3n) is 4.09. The second-order valence-corrected chi connectivity index (χ2v) is 6.85. The van der Waals surface area contributed by atoms with Crippen molar-refractivity contribution in [2.45, 2.75) is 32.4 Å². The van der Waals surface area contributed by atoms with Crippen molar-refractivity contribution in [2.24, 2.45) is 0 Å². The van der Waals surface area contributed by atoms with Gasteiger partial charge in [0, 0.05) is 38.2 Å². The molecule has 1 N–H and O–H groups in total. The zero-order valence-electron chi connectivity index (χ0n) is 13.9. The zero-order valence-corrected chi connectivity index (χ0v) is 13.9. The number of hydrogen-bond donors (Lipinski definition) is 1. The Hall–Kier alpha value is -2.21. The van der Waals surface area contributed by atoms with Gasteiger partial charge in [0.15, 0.2) is 0 Å². The van der Waals surface area contributed by atoms with Crippen LogP contribution in [0.1, 0.15) is 42.7 Å². The number of nitrogens with one attached hydrogen (secondary N) is 1. The van der Waals surface area contributed by atoms with Crippen molar-refractivity contribution in [3.8, 4) is 0 Å². The monoisotopic (exact) mass is 313 g/mol. The van der Waals surface area contributed by atoms with Gasteiger partial charge in [0.1, 0.15) is 0 Å². The van der Waals surface area contributed by atoms with Crippen molar-refractivity contribution < 1.29 is 4.79 Å². The van der Waals surface area contributed by atoms with Crippen molar-refractivity contribution in [3.63, 3.8) is 0 Å². The Kier molecular flexibility index (Phi) is 4.17. The Morgan fingerprint density at radius 2 is 2.17 bits per heavy atom. The van der Waals surface area contributed by atoms with E-state index in [1.165, 1.54) is 0 Å². The van der Waals surface area contributed by atoms with Gasteiger partial charge in [0.25, 0.3) is 5.91 Å². The Bertz CT molecular complexity index is 674. The molecule has 2 aromatic heterocycles. The van der Waals surface area contributed by atoms with E-state index in [1.54, 1.807) is 12.4 Å². The summed E-state index contributed by atoms with van der Waals surface area (Å²) in [6.07, 6.45) is 7.08. The van der Waals surface area contributed by atoms with E-state index in [0.29, 0.717) is 12.1 Å². The van der Waals surface area contributed by atoms with Crippen molar-refractivity contribution in [1.29, 1.82) is 0 Å². The third kappa shape index (κ3) is 3.27.